The molecule has 0 aromatic heterocycles. The van der Waals surface area contributed by atoms with E-state index in [1.165, 1.54) is 5.57 Å². The number of benzene rings is 1. The lowest BCUT2D eigenvalue weighted by Crippen LogP contribution is -2.21. The predicted molar refractivity (Wildman–Crippen MR) is 82.9 cm³/mol. The maximum absolute atomic E-state index is 10.3. The second-order valence-electron chi connectivity index (χ2n) is 4.83. The van der Waals surface area contributed by atoms with E-state index in [2.05, 4.69) is 13.5 Å². The largest absolute Gasteiger partial charge is 0.490 e. The molecule has 0 aliphatic heterocycles. The molecule has 0 bridgehead atoms. The van der Waals surface area contributed by atoms with Crippen LogP contribution in [0.4, 0.5) is 0 Å². The first-order chi connectivity index (χ1) is 9.60. The molecule has 3 heteroatoms. The third-order valence-corrected chi connectivity index (χ3v) is 2.31. The Bertz CT molecular complexity index is 356. The molecule has 1 unspecified atom stereocenters. The van der Waals surface area contributed by atoms with Crippen LogP contribution in [-0.4, -0.2) is 19.2 Å². The van der Waals surface area contributed by atoms with Gasteiger partial charge in [0.1, 0.15) is 18.5 Å². The van der Waals surface area contributed by atoms with Crippen LogP contribution >= 0.6 is 0 Å². The van der Waals surface area contributed by atoms with Crippen molar-refractivity contribution in [3.8, 4) is 5.75 Å². The Balaban J connectivity index is 0.000000796. The quantitative estimate of drug-likeness (QED) is 0.523. The standard InChI is InChI=1S/C13H18O3.C4H8/c1-2-3-7-13(16-11-14)10-15-12-8-5-4-6-9-12;1-4(2)3/h4-6,8-9,11,13H,2-3,7,10H2,1H3;1H2,2-3H3. The molecule has 1 aromatic rings. The summed E-state index contributed by atoms with van der Waals surface area (Å²) in [6, 6.07) is 9.53. The Morgan fingerprint density at radius 2 is 1.90 bits per heavy atom. The average Bonchev–Trinajstić information content (AvgIpc) is 2.42. The van der Waals surface area contributed by atoms with Crippen LogP contribution in [0.25, 0.3) is 0 Å². The van der Waals surface area contributed by atoms with Crippen molar-refractivity contribution in [3.63, 3.8) is 0 Å². The predicted octanol–water partition coefficient (Wildman–Crippen LogP) is 4.38. The Kier molecular flexibility index (Phi) is 11.2. The monoisotopic (exact) mass is 278 g/mol. The minimum Gasteiger partial charge on any atom is -0.490 e. The molecule has 0 aliphatic rings. The molecule has 1 atom stereocenters. The number of ether oxygens (including phenoxy) is 2. The minimum absolute atomic E-state index is 0.141. The lowest BCUT2D eigenvalue weighted by atomic mass is 10.2. The van der Waals surface area contributed by atoms with Crippen molar-refractivity contribution < 1.29 is 14.3 Å². The van der Waals surface area contributed by atoms with E-state index in [9.17, 15) is 4.79 Å². The van der Waals surface area contributed by atoms with E-state index in [1.807, 2.05) is 44.2 Å². The van der Waals surface area contributed by atoms with E-state index in [4.69, 9.17) is 9.47 Å². The fraction of sp³-hybridized carbons (Fsp3) is 0.471. The first-order valence-corrected chi connectivity index (χ1v) is 6.99. The van der Waals surface area contributed by atoms with E-state index in [1.54, 1.807) is 0 Å². The molecule has 3 nitrogen and oxygen atoms in total. The summed E-state index contributed by atoms with van der Waals surface area (Å²) < 4.78 is 10.5. The van der Waals surface area contributed by atoms with Crippen LogP contribution < -0.4 is 4.74 Å². The molecule has 0 N–H and O–H groups in total. The molecule has 0 saturated heterocycles. The molecule has 0 aliphatic carbocycles. The summed E-state index contributed by atoms with van der Waals surface area (Å²) in [5, 5.41) is 0. The van der Waals surface area contributed by atoms with Gasteiger partial charge in [0.15, 0.2) is 0 Å². The van der Waals surface area contributed by atoms with Gasteiger partial charge in [-0.3, -0.25) is 4.79 Å². The molecule has 112 valence electrons. The van der Waals surface area contributed by atoms with Crippen LogP contribution in [0.15, 0.2) is 42.5 Å². The molecule has 1 rings (SSSR count). The van der Waals surface area contributed by atoms with Gasteiger partial charge in [0.05, 0.1) is 0 Å². The summed E-state index contributed by atoms with van der Waals surface area (Å²) in [6.07, 6.45) is 2.83. The molecule has 0 spiro atoms. The molecule has 1 aromatic carbocycles. The number of allylic oxidation sites excluding steroid dienone is 1. The molecule has 0 radical (unpaired) electrons. The molecular formula is C17H26O3. The molecule has 0 fully saturated rings. The smallest absolute Gasteiger partial charge is 0.293 e. The lowest BCUT2D eigenvalue weighted by molar-refractivity contribution is -0.135. The van der Waals surface area contributed by atoms with Gasteiger partial charge in [-0.1, -0.05) is 37.1 Å². The Hall–Kier alpha value is -1.77. The van der Waals surface area contributed by atoms with Gasteiger partial charge in [0.2, 0.25) is 0 Å². The van der Waals surface area contributed by atoms with Gasteiger partial charge in [-0.25, -0.2) is 0 Å². The van der Waals surface area contributed by atoms with Gasteiger partial charge < -0.3 is 9.47 Å². The number of carbonyl (C=O) groups excluding carboxylic acids is 1. The zero-order valence-electron chi connectivity index (χ0n) is 12.8. The molecule has 0 saturated carbocycles. The molecule has 0 heterocycles. The highest BCUT2D eigenvalue weighted by Crippen LogP contribution is 2.11. The average molecular weight is 278 g/mol. The van der Waals surface area contributed by atoms with Gasteiger partial charge in [-0.15, -0.1) is 6.58 Å². The van der Waals surface area contributed by atoms with Crippen molar-refractivity contribution in [1.29, 1.82) is 0 Å². The zero-order chi connectivity index (χ0) is 15.2. The fourth-order valence-electron chi connectivity index (χ4n) is 1.41. The summed E-state index contributed by atoms with van der Waals surface area (Å²) in [6.45, 7) is 10.5. The van der Waals surface area contributed by atoms with Crippen molar-refractivity contribution in [1.82, 2.24) is 0 Å². The second-order valence-corrected chi connectivity index (χ2v) is 4.83. The summed E-state index contributed by atoms with van der Waals surface area (Å²) in [4.78, 5) is 10.3. The number of carbonyl (C=O) groups is 1. The first kappa shape index (κ1) is 18.2. The Morgan fingerprint density at radius 3 is 2.40 bits per heavy atom. The maximum Gasteiger partial charge on any atom is 0.293 e. The number of para-hydroxylation sites is 1. The lowest BCUT2D eigenvalue weighted by Gasteiger charge is -2.15. The number of unbranched alkanes of at least 4 members (excludes halogenated alkanes) is 1. The van der Waals surface area contributed by atoms with Crippen molar-refractivity contribution in [2.45, 2.75) is 46.1 Å². The molecule has 0 amide bonds. The second kappa shape index (κ2) is 12.3. The van der Waals surface area contributed by atoms with Crippen molar-refractivity contribution in [3.05, 3.63) is 42.5 Å². The summed E-state index contributed by atoms with van der Waals surface area (Å²) in [5.41, 5.74) is 1.17. The first-order valence-electron chi connectivity index (χ1n) is 6.99. The SMILES string of the molecule is C=C(C)C.CCCCC(COc1ccccc1)OC=O. The van der Waals surface area contributed by atoms with Crippen molar-refractivity contribution in [2.75, 3.05) is 6.61 Å². The topological polar surface area (TPSA) is 35.5 Å². The van der Waals surface area contributed by atoms with E-state index >= 15 is 0 Å². The van der Waals surface area contributed by atoms with Gasteiger partial charge in [-0.2, -0.15) is 0 Å². The highest BCUT2D eigenvalue weighted by Gasteiger charge is 2.09. The van der Waals surface area contributed by atoms with Crippen LogP contribution in [0.1, 0.15) is 40.0 Å². The highest BCUT2D eigenvalue weighted by atomic mass is 16.6. The van der Waals surface area contributed by atoms with Crippen LogP contribution in [-0.2, 0) is 9.53 Å². The van der Waals surface area contributed by atoms with Gasteiger partial charge in [0, 0.05) is 0 Å². The van der Waals surface area contributed by atoms with Crippen LogP contribution in [0.3, 0.4) is 0 Å². The summed E-state index contributed by atoms with van der Waals surface area (Å²) in [5.74, 6) is 0.804. The number of hydrogen-bond donors (Lipinski definition) is 0. The van der Waals surface area contributed by atoms with Gasteiger partial charge in [-0.05, 0) is 38.8 Å². The normalized spacial score (nSPS) is 10.8. The minimum atomic E-state index is -0.141. The highest BCUT2D eigenvalue weighted by molar-refractivity contribution is 5.37. The van der Waals surface area contributed by atoms with Crippen molar-refractivity contribution >= 4 is 6.47 Å². The van der Waals surface area contributed by atoms with Crippen molar-refractivity contribution in [2.24, 2.45) is 0 Å². The third kappa shape index (κ3) is 11.3. The van der Waals surface area contributed by atoms with E-state index in [-0.39, 0.29) is 6.10 Å². The molecular weight excluding hydrogens is 252 g/mol. The number of hydrogen-bond acceptors (Lipinski definition) is 3. The van der Waals surface area contributed by atoms with Gasteiger partial charge in [0.25, 0.3) is 6.47 Å². The fourth-order valence-corrected chi connectivity index (χ4v) is 1.41. The van der Waals surface area contributed by atoms with Gasteiger partial charge >= 0.3 is 0 Å². The zero-order valence-corrected chi connectivity index (χ0v) is 12.8. The Labute approximate surface area is 122 Å². The Morgan fingerprint density at radius 1 is 1.30 bits per heavy atom. The maximum atomic E-state index is 10.3. The third-order valence-electron chi connectivity index (χ3n) is 2.31. The number of rotatable bonds is 8. The summed E-state index contributed by atoms with van der Waals surface area (Å²) in [7, 11) is 0. The van der Waals surface area contributed by atoms with Crippen LogP contribution in [0.5, 0.6) is 5.75 Å². The van der Waals surface area contributed by atoms with E-state index in [0.717, 1.165) is 25.0 Å². The van der Waals surface area contributed by atoms with Crippen LogP contribution in [0.2, 0.25) is 0 Å². The van der Waals surface area contributed by atoms with E-state index in [0.29, 0.717) is 13.1 Å². The molecule has 20 heavy (non-hydrogen) atoms. The summed E-state index contributed by atoms with van der Waals surface area (Å²) >= 11 is 0. The van der Waals surface area contributed by atoms with E-state index < -0.39 is 0 Å². The van der Waals surface area contributed by atoms with Crippen LogP contribution in [0, 0.1) is 0 Å².